The van der Waals surface area contributed by atoms with Crippen LogP contribution in [0.25, 0.3) is 33.6 Å². The molecule has 2 nitrogen and oxygen atoms in total. The lowest BCUT2D eigenvalue weighted by Gasteiger charge is -2.16. The molecule has 0 atom stereocenters. The van der Waals surface area contributed by atoms with Crippen LogP contribution in [-0.4, -0.2) is 9.97 Å². The zero-order valence-electron chi connectivity index (χ0n) is 18.5. The summed E-state index contributed by atoms with van der Waals surface area (Å²) in [6.45, 7) is 0. The van der Waals surface area contributed by atoms with Gasteiger partial charge in [-0.1, -0.05) is 60.7 Å². The molecule has 0 aliphatic heterocycles. The summed E-state index contributed by atoms with van der Waals surface area (Å²) in [6, 6.07) is 26.6. The number of hydrogen-bond donors (Lipinski definition) is 0. The smallest absolute Gasteiger partial charge is 0.0705 e. The van der Waals surface area contributed by atoms with Crippen LogP contribution in [0.3, 0.4) is 0 Å². The van der Waals surface area contributed by atoms with E-state index >= 15 is 0 Å². The highest BCUT2D eigenvalue weighted by Gasteiger charge is 2.13. The molecule has 2 aliphatic carbocycles. The second-order valence-electron chi connectivity index (χ2n) is 9.17. The Morgan fingerprint density at radius 2 is 0.750 bits per heavy atom. The van der Waals surface area contributed by atoms with E-state index < -0.39 is 0 Å². The van der Waals surface area contributed by atoms with Crippen molar-refractivity contribution >= 4 is 0 Å². The van der Waals surface area contributed by atoms with Gasteiger partial charge in [-0.2, -0.15) is 0 Å². The van der Waals surface area contributed by atoms with Crippen molar-refractivity contribution in [3.05, 3.63) is 95.3 Å². The average Bonchev–Trinajstić information content (AvgIpc) is 2.88. The maximum absolute atomic E-state index is 4.95. The summed E-state index contributed by atoms with van der Waals surface area (Å²) in [4.78, 5) is 9.91. The summed E-state index contributed by atoms with van der Waals surface area (Å²) in [6.07, 6.45) is 9.71. The first-order valence-electron chi connectivity index (χ1n) is 12.0. The Balaban J connectivity index is 1.23. The van der Waals surface area contributed by atoms with Gasteiger partial charge in [0.2, 0.25) is 0 Å². The predicted octanol–water partition coefficient (Wildman–Crippen LogP) is 7.24. The largest absolute Gasteiger partial charge is 0.253 e. The van der Waals surface area contributed by atoms with E-state index in [0.717, 1.165) is 24.2 Å². The van der Waals surface area contributed by atoms with Gasteiger partial charge in [-0.05, 0) is 85.8 Å². The van der Waals surface area contributed by atoms with Crippen LogP contribution in [0.5, 0.6) is 0 Å². The molecule has 0 saturated carbocycles. The Labute approximate surface area is 190 Å². The zero-order valence-corrected chi connectivity index (χ0v) is 18.5. The molecule has 0 radical (unpaired) electrons. The van der Waals surface area contributed by atoms with E-state index in [1.165, 1.54) is 83.3 Å². The Morgan fingerprint density at radius 3 is 1.19 bits per heavy atom. The number of benzene rings is 2. The van der Waals surface area contributed by atoms with E-state index in [0.29, 0.717) is 0 Å². The van der Waals surface area contributed by atoms with Crippen LogP contribution in [-0.2, 0) is 25.7 Å². The van der Waals surface area contributed by atoms with Crippen molar-refractivity contribution in [1.82, 2.24) is 9.97 Å². The van der Waals surface area contributed by atoms with Crippen molar-refractivity contribution in [2.75, 3.05) is 0 Å². The van der Waals surface area contributed by atoms with Crippen LogP contribution in [0.4, 0.5) is 0 Å². The highest BCUT2D eigenvalue weighted by atomic mass is 14.7. The Hall–Kier alpha value is -3.26. The lowest BCUT2D eigenvalue weighted by atomic mass is 9.94. The third-order valence-electron chi connectivity index (χ3n) is 7.05. The molecule has 4 aromatic rings. The van der Waals surface area contributed by atoms with Crippen LogP contribution in [0, 0.1) is 0 Å². The molecule has 2 aromatic carbocycles. The maximum atomic E-state index is 4.95. The summed E-state index contributed by atoms with van der Waals surface area (Å²) in [5.41, 5.74) is 12.5. The van der Waals surface area contributed by atoms with Gasteiger partial charge < -0.3 is 0 Å². The maximum Gasteiger partial charge on any atom is 0.0705 e. The first-order chi connectivity index (χ1) is 15.8. The average molecular weight is 417 g/mol. The molecule has 0 amide bonds. The van der Waals surface area contributed by atoms with Crippen molar-refractivity contribution in [1.29, 1.82) is 0 Å². The fourth-order valence-electron chi connectivity index (χ4n) is 5.15. The van der Waals surface area contributed by atoms with E-state index in [9.17, 15) is 0 Å². The van der Waals surface area contributed by atoms with Gasteiger partial charge in [0.25, 0.3) is 0 Å². The zero-order chi connectivity index (χ0) is 21.3. The third kappa shape index (κ3) is 3.75. The molecule has 0 unspecified atom stereocenters. The topological polar surface area (TPSA) is 25.8 Å². The van der Waals surface area contributed by atoms with E-state index in [-0.39, 0.29) is 0 Å². The van der Waals surface area contributed by atoms with Crippen LogP contribution in [0.15, 0.2) is 72.8 Å². The predicted molar refractivity (Wildman–Crippen MR) is 132 cm³/mol. The lowest BCUT2D eigenvalue weighted by Crippen LogP contribution is -2.05. The summed E-state index contributed by atoms with van der Waals surface area (Å²) in [5.74, 6) is 0. The quantitative estimate of drug-likeness (QED) is 0.352. The minimum atomic E-state index is 1.09. The highest BCUT2D eigenvalue weighted by molar-refractivity contribution is 5.71. The summed E-state index contributed by atoms with van der Waals surface area (Å²) in [7, 11) is 0. The second kappa shape index (κ2) is 8.35. The van der Waals surface area contributed by atoms with Gasteiger partial charge in [-0.25, -0.2) is 0 Å². The van der Waals surface area contributed by atoms with Gasteiger partial charge in [0.1, 0.15) is 0 Å². The summed E-state index contributed by atoms with van der Waals surface area (Å²) < 4.78 is 0. The molecule has 0 saturated heterocycles. The molecular formula is C30H28N2. The number of fused-ring (bicyclic) bond motifs is 2. The van der Waals surface area contributed by atoms with Crippen molar-refractivity contribution in [3.8, 4) is 33.6 Å². The summed E-state index contributed by atoms with van der Waals surface area (Å²) >= 11 is 0. The number of pyridine rings is 2. The molecule has 2 aromatic heterocycles. The van der Waals surface area contributed by atoms with Gasteiger partial charge in [0.15, 0.2) is 0 Å². The van der Waals surface area contributed by atoms with Crippen molar-refractivity contribution < 1.29 is 0 Å². The second-order valence-corrected chi connectivity index (χ2v) is 9.17. The van der Waals surface area contributed by atoms with Crippen LogP contribution in [0.1, 0.15) is 48.2 Å². The van der Waals surface area contributed by atoms with Gasteiger partial charge in [-0.3, -0.25) is 9.97 Å². The van der Waals surface area contributed by atoms with Gasteiger partial charge >= 0.3 is 0 Å². The fourth-order valence-corrected chi connectivity index (χ4v) is 5.15. The molecule has 0 N–H and O–H groups in total. The third-order valence-corrected chi connectivity index (χ3v) is 7.05. The number of aromatic nitrogens is 2. The molecular weight excluding hydrogens is 388 g/mol. The Morgan fingerprint density at radius 1 is 0.375 bits per heavy atom. The van der Waals surface area contributed by atoms with E-state index in [2.05, 4.69) is 72.8 Å². The number of nitrogens with zero attached hydrogens (tertiary/aromatic N) is 2. The molecule has 6 rings (SSSR count). The molecule has 32 heavy (non-hydrogen) atoms. The minimum Gasteiger partial charge on any atom is -0.253 e. The number of rotatable bonds is 3. The SMILES string of the molecule is c1cc(-c2ccc3c(n2)CCCC3)ccc1-c1ccc(-c2ccc3c(n2)CCCC3)cc1. The first-order valence-corrected chi connectivity index (χ1v) is 12.0. The Bertz CT molecular complexity index is 1150. The van der Waals surface area contributed by atoms with Crippen molar-refractivity contribution in [2.24, 2.45) is 0 Å². The standard InChI is InChI=1S/C30H28N2/c1-3-7-27-23(5-1)17-19-29(31-27)25-13-9-21(10-14-25)22-11-15-26(16-12-22)30-20-18-24-6-2-4-8-28(24)32-30/h9-20H,1-8H2. The van der Waals surface area contributed by atoms with E-state index in [1.54, 1.807) is 0 Å². The van der Waals surface area contributed by atoms with Crippen LogP contribution in [0.2, 0.25) is 0 Å². The monoisotopic (exact) mass is 416 g/mol. The molecule has 2 heterocycles. The van der Waals surface area contributed by atoms with Gasteiger partial charge in [0.05, 0.1) is 11.4 Å². The normalized spacial score (nSPS) is 15.1. The fraction of sp³-hybridized carbons (Fsp3) is 0.267. The van der Waals surface area contributed by atoms with Gasteiger partial charge in [0, 0.05) is 22.5 Å². The van der Waals surface area contributed by atoms with Crippen molar-refractivity contribution in [2.45, 2.75) is 51.4 Å². The molecule has 0 bridgehead atoms. The molecule has 2 aliphatic rings. The molecule has 0 fully saturated rings. The highest BCUT2D eigenvalue weighted by Crippen LogP contribution is 2.29. The molecule has 158 valence electrons. The minimum absolute atomic E-state index is 1.09. The van der Waals surface area contributed by atoms with E-state index in [4.69, 9.17) is 9.97 Å². The Kier molecular flexibility index (Phi) is 5.07. The first kappa shape index (κ1) is 19.4. The lowest BCUT2D eigenvalue weighted by molar-refractivity contribution is 0.668. The summed E-state index contributed by atoms with van der Waals surface area (Å²) in [5, 5.41) is 0. The van der Waals surface area contributed by atoms with Crippen molar-refractivity contribution in [3.63, 3.8) is 0 Å². The van der Waals surface area contributed by atoms with Crippen LogP contribution >= 0.6 is 0 Å². The molecule has 2 heteroatoms. The number of aryl methyl sites for hydroxylation is 4. The molecule has 0 spiro atoms. The number of hydrogen-bond acceptors (Lipinski definition) is 2. The van der Waals surface area contributed by atoms with E-state index in [1.807, 2.05) is 0 Å². The van der Waals surface area contributed by atoms with Crippen LogP contribution < -0.4 is 0 Å². The van der Waals surface area contributed by atoms with Gasteiger partial charge in [-0.15, -0.1) is 0 Å².